The van der Waals surface area contributed by atoms with Crippen molar-refractivity contribution in [3.8, 4) is 0 Å². The summed E-state index contributed by atoms with van der Waals surface area (Å²) in [6, 6.07) is 0. The van der Waals surface area contributed by atoms with Crippen molar-refractivity contribution in [3.05, 3.63) is 24.3 Å². The lowest BCUT2D eigenvalue weighted by atomic mass is 9.77. The first-order chi connectivity index (χ1) is 7.29. The van der Waals surface area contributed by atoms with E-state index < -0.39 is 0 Å². The molecule has 84 valence electrons. The van der Waals surface area contributed by atoms with E-state index in [2.05, 4.69) is 39.0 Å². The lowest BCUT2D eigenvalue weighted by molar-refractivity contribution is 0.296. The zero-order chi connectivity index (χ0) is 11.1. The van der Waals surface area contributed by atoms with Gasteiger partial charge in [0.1, 0.15) is 0 Å². The average molecular weight is 205 g/mol. The van der Waals surface area contributed by atoms with Crippen molar-refractivity contribution in [1.82, 2.24) is 0 Å². The van der Waals surface area contributed by atoms with Gasteiger partial charge >= 0.3 is 0 Å². The molecule has 15 heavy (non-hydrogen) atoms. The number of rotatable bonds is 5. The van der Waals surface area contributed by atoms with Crippen molar-refractivity contribution in [2.75, 3.05) is 0 Å². The van der Waals surface area contributed by atoms with Gasteiger partial charge < -0.3 is 0 Å². The number of hydrogen-bond acceptors (Lipinski definition) is 1. The molecule has 1 heteroatoms. The summed E-state index contributed by atoms with van der Waals surface area (Å²) in [6.45, 7) is 6.78. The van der Waals surface area contributed by atoms with Gasteiger partial charge in [0.25, 0.3) is 0 Å². The van der Waals surface area contributed by atoms with E-state index in [1.165, 1.54) is 19.3 Å². The smallest absolute Gasteiger partial charge is 0.0815 e. The van der Waals surface area contributed by atoms with Crippen LogP contribution in [0.3, 0.4) is 0 Å². The fraction of sp³-hybridized carbons (Fsp3) is 0.643. The summed E-state index contributed by atoms with van der Waals surface area (Å²) in [4.78, 5) is 4.76. The highest BCUT2D eigenvalue weighted by Gasteiger charge is 2.32. The molecule has 2 atom stereocenters. The third kappa shape index (κ3) is 2.80. The molecule has 1 aliphatic heterocycles. The lowest BCUT2D eigenvalue weighted by Crippen LogP contribution is -2.33. The van der Waals surface area contributed by atoms with Crippen molar-refractivity contribution in [2.45, 2.75) is 52.0 Å². The third-order valence-corrected chi connectivity index (χ3v) is 3.41. The summed E-state index contributed by atoms with van der Waals surface area (Å²) in [5, 5.41) is 0. The molecule has 0 radical (unpaired) electrons. The van der Waals surface area contributed by atoms with E-state index in [0.29, 0.717) is 5.92 Å². The predicted molar refractivity (Wildman–Crippen MR) is 68.5 cm³/mol. The van der Waals surface area contributed by atoms with Gasteiger partial charge in [0.2, 0.25) is 0 Å². The molecule has 0 aromatic rings. The standard InChI is InChI=1S/C14H23N/c1-4-10-13(5-2)14(6-3)11-8-7-9-12-15-14/h7-9,11-13H,4-6,10H2,1-3H3. The zero-order valence-electron chi connectivity index (χ0n) is 10.2. The molecular weight excluding hydrogens is 182 g/mol. The van der Waals surface area contributed by atoms with Crippen LogP contribution in [0.1, 0.15) is 46.5 Å². The van der Waals surface area contributed by atoms with Crippen molar-refractivity contribution in [2.24, 2.45) is 10.9 Å². The van der Waals surface area contributed by atoms with E-state index in [0.717, 1.165) is 6.42 Å². The SMILES string of the molecule is CCCC(CC)C1(CC)C=CC=CC=N1. The Hall–Kier alpha value is -0.850. The Labute approximate surface area is 94.0 Å². The van der Waals surface area contributed by atoms with Crippen LogP contribution in [0.15, 0.2) is 29.3 Å². The minimum atomic E-state index is 0.0499. The molecule has 1 aliphatic rings. The highest BCUT2D eigenvalue weighted by molar-refractivity contribution is 5.73. The Morgan fingerprint density at radius 3 is 2.53 bits per heavy atom. The van der Waals surface area contributed by atoms with Gasteiger partial charge in [-0.05, 0) is 24.8 Å². The predicted octanol–water partition coefficient (Wildman–Crippen LogP) is 4.16. The van der Waals surface area contributed by atoms with Crippen LogP contribution in [0, 0.1) is 5.92 Å². The van der Waals surface area contributed by atoms with Crippen molar-refractivity contribution in [3.63, 3.8) is 0 Å². The molecule has 0 aliphatic carbocycles. The fourth-order valence-corrected chi connectivity index (χ4v) is 2.46. The van der Waals surface area contributed by atoms with Gasteiger partial charge in [-0.25, -0.2) is 0 Å². The van der Waals surface area contributed by atoms with Gasteiger partial charge in [-0.2, -0.15) is 0 Å². The summed E-state index contributed by atoms with van der Waals surface area (Å²) in [6.07, 6.45) is 15.3. The molecule has 0 fully saturated rings. The van der Waals surface area contributed by atoms with Crippen LogP contribution < -0.4 is 0 Å². The zero-order valence-corrected chi connectivity index (χ0v) is 10.2. The van der Waals surface area contributed by atoms with Gasteiger partial charge in [0.15, 0.2) is 0 Å². The molecule has 0 N–H and O–H groups in total. The second-order valence-corrected chi connectivity index (χ2v) is 4.26. The molecule has 0 saturated heterocycles. The molecule has 0 bridgehead atoms. The quantitative estimate of drug-likeness (QED) is 0.639. The molecule has 0 amide bonds. The monoisotopic (exact) mass is 205 g/mol. The molecular formula is C14H23N. The van der Waals surface area contributed by atoms with Crippen LogP contribution in [-0.4, -0.2) is 11.8 Å². The topological polar surface area (TPSA) is 12.4 Å². The second-order valence-electron chi connectivity index (χ2n) is 4.26. The Morgan fingerprint density at radius 2 is 1.93 bits per heavy atom. The van der Waals surface area contributed by atoms with E-state index in [1.807, 2.05) is 12.3 Å². The summed E-state index contributed by atoms with van der Waals surface area (Å²) >= 11 is 0. The maximum Gasteiger partial charge on any atom is 0.0815 e. The van der Waals surface area contributed by atoms with Gasteiger partial charge in [-0.1, -0.05) is 51.8 Å². The Kier molecular flexibility index (Phi) is 4.80. The van der Waals surface area contributed by atoms with E-state index in [1.54, 1.807) is 0 Å². The summed E-state index contributed by atoms with van der Waals surface area (Å²) in [5.74, 6) is 0.680. The first-order valence-electron chi connectivity index (χ1n) is 6.18. The number of aliphatic imine (C=N–C) groups is 1. The molecule has 0 aromatic heterocycles. The molecule has 1 rings (SSSR count). The second kappa shape index (κ2) is 5.89. The molecule has 0 spiro atoms. The van der Waals surface area contributed by atoms with Crippen molar-refractivity contribution >= 4 is 6.21 Å². The molecule has 0 aromatic carbocycles. The summed E-state index contributed by atoms with van der Waals surface area (Å²) in [7, 11) is 0. The van der Waals surface area contributed by atoms with Crippen molar-refractivity contribution in [1.29, 1.82) is 0 Å². The molecule has 0 saturated carbocycles. The van der Waals surface area contributed by atoms with Gasteiger partial charge in [0.05, 0.1) is 5.54 Å². The van der Waals surface area contributed by atoms with Crippen LogP contribution in [0.25, 0.3) is 0 Å². The van der Waals surface area contributed by atoms with Gasteiger partial charge in [-0.3, -0.25) is 4.99 Å². The van der Waals surface area contributed by atoms with Crippen LogP contribution in [-0.2, 0) is 0 Å². The first-order valence-corrected chi connectivity index (χ1v) is 6.18. The summed E-state index contributed by atoms with van der Waals surface area (Å²) < 4.78 is 0. The highest BCUT2D eigenvalue weighted by atomic mass is 14.9. The summed E-state index contributed by atoms with van der Waals surface area (Å²) in [5.41, 5.74) is 0.0499. The van der Waals surface area contributed by atoms with Gasteiger partial charge in [0, 0.05) is 6.21 Å². The van der Waals surface area contributed by atoms with E-state index in [-0.39, 0.29) is 5.54 Å². The fourth-order valence-electron chi connectivity index (χ4n) is 2.46. The van der Waals surface area contributed by atoms with E-state index >= 15 is 0 Å². The maximum absolute atomic E-state index is 4.76. The average Bonchev–Trinajstić information content (AvgIpc) is 2.52. The Morgan fingerprint density at radius 1 is 1.13 bits per heavy atom. The van der Waals surface area contributed by atoms with Crippen LogP contribution in [0.4, 0.5) is 0 Å². The maximum atomic E-state index is 4.76. The largest absolute Gasteiger partial charge is 0.282 e. The number of allylic oxidation sites excluding steroid dienone is 3. The van der Waals surface area contributed by atoms with Gasteiger partial charge in [-0.15, -0.1) is 0 Å². The van der Waals surface area contributed by atoms with Crippen LogP contribution in [0.5, 0.6) is 0 Å². The minimum absolute atomic E-state index is 0.0499. The number of hydrogen-bond donors (Lipinski definition) is 0. The Balaban J connectivity index is 2.91. The molecule has 1 nitrogen and oxygen atoms in total. The Bertz CT molecular complexity index is 245. The highest BCUT2D eigenvalue weighted by Crippen LogP contribution is 2.34. The van der Waals surface area contributed by atoms with Crippen LogP contribution in [0.2, 0.25) is 0 Å². The number of nitrogens with zero attached hydrogens (tertiary/aromatic N) is 1. The van der Waals surface area contributed by atoms with Crippen LogP contribution >= 0.6 is 0 Å². The molecule has 2 unspecified atom stereocenters. The normalized spacial score (nSPS) is 26.6. The van der Waals surface area contributed by atoms with E-state index in [4.69, 9.17) is 4.99 Å². The lowest BCUT2D eigenvalue weighted by Gasteiger charge is -2.33. The van der Waals surface area contributed by atoms with Crippen molar-refractivity contribution < 1.29 is 0 Å². The minimum Gasteiger partial charge on any atom is -0.282 e. The van der Waals surface area contributed by atoms with E-state index in [9.17, 15) is 0 Å². The molecule has 1 heterocycles. The third-order valence-electron chi connectivity index (χ3n) is 3.41. The first kappa shape index (κ1) is 12.2.